The van der Waals surface area contributed by atoms with Crippen LogP contribution in [0.3, 0.4) is 0 Å². The highest BCUT2D eigenvalue weighted by atomic mass is 19.4. The fraction of sp³-hybridized carbons (Fsp3) is 0.343. The maximum atomic E-state index is 13.2. The van der Waals surface area contributed by atoms with Crippen molar-refractivity contribution in [2.24, 2.45) is 5.92 Å². The lowest BCUT2D eigenvalue weighted by Crippen LogP contribution is -2.51. The van der Waals surface area contributed by atoms with Gasteiger partial charge in [0.25, 0.3) is 0 Å². The van der Waals surface area contributed by atoms with Gasteiger partial charge in [-0.05, 0) is 55.7 Å². The molecule has 10 heteroatoms. The van der Waals surface area contributed by atoms with Gasteiger partial charge in [0.15, 0.2) is 0 Å². The van der Waals surface area contributed by atoms with Crippen LogP contribution in [-0.2, 0) is 16.8 Å². The number of benzene rings is 3. The summed E-state index contributed by atoms with van der Waals surface area (Å²) in [7, 11) is 0. The van der Waals surface area contributed by atoms with Crippen molar-refractivity contribution in [1.82, 2.24) is 19.8 Å². The molecule has 1 atom stereocenters. The summed E-state index contributed by atoms with van der Waals surface area (Å²) < 4.78 is 41.5. The molecule has 2 heterocycles. The molecule has 0 unspecified atom stereocenters. The van der Waals surface area contributed by atoms with Gasteiger partial charge in [-0.25, -0.2) is 9.78 Å². The molecule has 3 aromatic carbocycles. The van der Waals surface area contributed by atoms with Crippen molar-refractivity contribution in [3.63, 3.8) is 0 Å². The molecule has 0 bridgehead atoms. The maximum absolute atomic E-state index is 13.2. The third kappa shape index (κ3) is 6.74. The van der Waals surface area contributed by atoms with Crippen LogP contribution in [0.2, 0.25) is 0 Å². The fourth-order valence-corrected chi connectivity index (χ4v) is 6.51. The van der Waals surface area contributed by atoms with Gasteiger partial charge in [-0.3, -0.25) is 4.79 Å². The third-order valence-electron chi connectivity index (χ3n) is 8.82. The molecule has 7 nitrogen and oxygen atoms in total. The van der Waals surface area contributed by atoms with Crippen molar-refractivity contribution in [3.05, 3.63) is 125 Å². The fourth-order valence-electron chi connectivity index (χ4n) is 6.51. The molecule has 1 aromatic heterocycles. The molecule has 1 aliphatic rings. The average Bonchev–Trinajstić information content (AvgIpc) is 3.41. The number of aryl methyl sites for hydroxylation is 1. The number of hydrogen-bond acceptors (Lipinski definition) is 3. The summed E-state index contributed by atoms with van der Waals surface area (Å²) in [6.45, 7) is 1.91. The summed E-state index contributed by atoms with van der Waals surface area (Å²) in [4.78, 5) is 30.9. The van der Waals surface area contributed by atoms with Crippen molar-refractivity contribution < 1.29 is 27.9 Å². The number of piperidine rings is 1. The van der Waals surface area contributed by atoms with E-state index in [4.69, 9.17) is 4.98 Å². The second-order valence-electron chi connectivity index (χ2n) is 11.5. The second kappa shape index (κ2) is 13.6. The van der Waals surface area contributed by atoms with Gasteiger partial charge in [-0.2, -0.15) is 13.2 Å². The minimum atomic E-state index is -4.30. The van der Waals surface area contributed by atoms with E-state index in [1.807, 2.05) is 67.8 Å². The zero-order chi connectivity index (χ0) is 32.0. The monoisotopic (exact) mass is 618 g/mol. The molecule has 1 fully saturated rings. The lowest BCUT2D eigenvalue weighted by atomic mass is 9.76. The molecule has 0 radical (unpaired) electrons. The quantitative estimate of drug-likeness (QED) is 0.192. The van der Waals surface area contributed by atoms with Gasteiger partial charge < -0.3 is 19.9 Å². The number of carbonyl (C=O) groups is 2. The van der Waals surface area contributed by atoms with Crippen molar-refractivity contribution in [1.29, 1.82) is 0 Å². The van der Waals surface area contributed by atoms with E-state index in [1.54, 1.807) is 0 Å². The zero-order valence-corrected chi connectivity index (χ0v) is 25.1. The Labute approximate surface area is 260 Å². The first-order valence-electron chi connectivity index (χ1n) is 15.2. The predicted octanol–water partition coefficient (Wildman–Crippen LogP) is 6.79. The van der Waals surface area contributed by atoms with E-state index in [-0.39, 0.29) is 32.4 Å². The summed E-state index contributed by atoms with van der Waals surface area (Å²) >= 11 is 0. The number of carbonyl (C=O) groups excluding carboxylic acids is 1. The Kier molecular flexibility index (Phi) is 9.60. The van der Waals surface area contributed by atoms with Crippen molar-refractivity contribution in [3.8, 4) is 0 Å². The van der Waals surface area contributed by atoms with Gasteiger partial charge in [0.05, 0.1) is 17.9 Å². The van der Waals surface area contributed by atoms with Crippen LogP contribution in [0.4, 0.5) is 18.0 Å². The van der Waals surface area contributed by atoms with Crippen LogP contribution < -0.4 is 5.32 Å². The number of likely N-dealkylation sites (tertiary alicyclic amines) is 1. The minimum Gasteiger partial charge on any atom is -0.465 e. The number of amides is 2. The molecule has 4 aromatic rings. The smallest absolute Gasteiger partial charge is 0.405 e. The summed E-state index contributed by atoms with van der Waals surface area (Å²) in [6, 6.07) is 29.6. The lowest BCUT2D eigenvalue weighted by Gasteiger charge is -2.38. The normalized spacial score (nSPS) is 15.1. The summed E-state index contributed by atoms with van der Waals surface area (Å²) in [6.07, 6.45) is -3.06. The van der Waals surface area contributed by atoms with Crippen molar-refractivity contribution >= 4 is 12.0 Å². The van der Waals surface area contributed by atoms with E-state index in [2.05, 4.69) is 46.3 Å². The first-order valence-corrected chi connectivity index (χ1v) is 15.2. The van der Waals surface area contributed by atoms with Crippen LogP contribution in [0.1, 0.15) is 53.8 Å². The average molecular weight is 619 g/mol. The number of nitrogens with one attached hydrogen (secondary N) is 1. The largest absolute Gasteiger partial charge is 0.465 e. The number of nitrogens with zero attached hydrogens (tertiary/aromatic N) is 3. The van der Waals surface area contributed by atoms with E-state index in [1.165, 1.54) is 4.90 Å². The van der Waals surface area contributed by atoms with Gasteiger partial charge in [-0.15, -0.1) is 0 Å². The molecule has 5 rings (SSSR count). The molecule has 2 amide bonds. The highest BCUT2D eigenvalue weighted by Gasteiger charge is 2.43. The predicted molar refractivity (Wildman–Crippen MR) is 165 cm³/mol. The molecule has 45 heavy (non-hydrogen) atoms. The summed E-state index contributed by atoms with van der Waals surface area (Å²) in [5, 5.41) is 11.7. The Bertz CT molecular complexity index is 1470. The highest BCUT2D eigenvalue weighted by molar-refractivity contribution is 5.85. The van der Waals surface area contributed by atoms with Crippen molar-refractivity contribution in [2.45, 2.75) is 56.8 Å². The van der Waals surface area contributed by atoms with E-state index in [0.29, 0.717) is 12.8 Å². The first-order chi connectivity index (χ1) is 21.6. The summed E-state index contributed by atoms with van der Waals surface area (Å²) in [5.74, 6) is -1.93. The lowest BCUT2D eigenvalue weighted by molar-refractivity contribution is -0.186. The molecule has 0 saturated carbocycles. The molecule has 0 aliphatic carbocycles. The molecule has 236 valence electrons. The Morgan fingerprint density at radius 2 is 1.38 bits per heavy atom. The topological polar surface area (TPSA) is 87.5 Å². The number of alkyl halides is 3. The zero-order valence-electron chi connectivity index (χ0n) is 25.1. The molecular weight excluding hydrogens is 581 g/mol. The van der Waals surface area contributed by atoms with Crippen LogP contribution in [0, 0.1) is 12.8 Å². The van der Waals surface area contributed by atoms with E-state index < -0.39 is 35.7 Å². The van der Waals surface area contributed by atoms with E-state index in [9.17, 15) is 27.9 Å². The van der Waals surface area contributed by atoms with Gasteiger partial charge >= 0.3 is 12.3 Å². The Morgan fingerprint density at radius 1 is 0.889 bits per heavy atom. The van der Waals surface area contributed by atoms with Crippen molar-refractivity contribution in [2.75, 3.05) is 13.1 Å². The Morgan fingerprint density at radius 3 is 1.82 bits per heavy atom. The van der Waals surface area contributed by atoms with E-state index >= 15 is 0 Å². The number of imidazole rings is 1. The number of hydrogen-bond donors (Lipinski definition) is 2. The molecule has 1 saturated heterocycles. The number of carboxylic acid groups (broad SMARTS) is 1. The van der Waals surface area contributed by atoms with Crippen LogP contribution in [0.15, 0.2) is 97.3 Å². The van der Waals surface area contributed by atoms with Gasteiger partial charge in [0, 0.05) is 18.8 Å². The molecule has 1 aliphatic heterocycles. The van der Waals surface area contributed by atoms with Gasteiger partial charge in [-0.1, -0.05) is 91.0 Å². The SMILES string of the molecule is Cc1c(CCC[C@H](NC(=O)O)C(=O)N2CCC(C(F)(F)F)CC2)ncn1C(c1ccccc1)(c1ccccc1)c1ccccc1. The molecular formula is C35H37F3N4O3. The van der Waals surface area contributed by atoms with Crippen LogP contribution in [-0.4, -0.2) is 56.9 Å². The van der Waals surface area contributed by atoms with Gasteiger partial charge in [0.1, 0.15) is 11.6 Å². The number of rotatable bonds is 10. The van der Waals surface area contributed by atoms with Gasteiger partial charge in [0.2, 0.25) is 5.91 Å². The second-order valence-corrected chi connectivity index (χ2v) is 11.5. The van der Waals surface area contributed by atoms with E-state index in [0.717, 1.165) is 28.1 Å². The molecule has 2 N–H and O–H groups in total. The maximum Gasteiger partial charge on any atom is 0.405 e. The minimum absolute atomic E-state index is 0.0507. The summed E-state index contributed by atoms with van der Waals surface area (Å²) in [5.41, 5.74) is 4.18. The number of aromatic nitrogens is 2. The highest BCUT2D eigenvalue weighted by Crippen LogP contribution is 2.42. The third-order valence-corrected chi connectivity index (χ3v) is 8.82. The van der Waals surface area contributed by atoms with Crippen LogP contribution >= 0.6 is 0 Å². The Hall–Kier alpha value is -4.60. The number of halogens is 3. The Balaban J connectivity index is 1.40. The standard InChI is InChI=1S/C35H37F3N4O3/c1-25-30(18-11-19-31(40-33(44)45)32(43)41-22-20-29(21-23-41)35(36,37)38)39-24-42(25)34(26-12-5-2-6-13-26,27-14-7-3-8-15-27)28-16-9-4-10-17-28/h2-10,12-17,24,29,31,40H,11,18-23H2,1H3,(H,44,45)/t31-/m0/s1. The first kappa shape index (κ1) is 31.8. The van der Waals surface area contributed by atoms with Crippen LogP contribution in [0.25, 0.3) is 0 Å². The molecule has 0 spiro atoms. The van der Waals surface area contributed by atoms with Crippen LogP contribution in [0.5, 0.6) is 0 Å².